The Balaban J connectivity index is 2.31. The maximum Gasteiger partial charge on any atom is 0.241 e. The molecule has 2 N–H and O–H groups in total. The van der Waals surface area contributed by atoms with Crippen LogP contribution in [0.3, 0.4) is 0 Å². The Bertz CT molecular complexity index is 457. The van der Waals surface area contributed by atoms with E-state index in [-0.39, 0.29) is 17.3 Å². The zero-order chi connectivity index (χ0) is 12.6. The number of aryl methyl sites for hydroxylation is 1. The van der Waals surface area contributed by atoms with Crippen molar-refractivity contribution in [3.8, 4) is 0 Å². The summed E-state index contributed by atoms with van der Waals surface area (Å²) >= 11 is 0. The number of hydrogen-bond donors (Lipinski definition) is 2. The molecule has 17 heavy (non-hydrogen) atoms. The van der Waals surface area contributed by atoms with Crippen molar-refractivity contribution in [1.82, 2.24) is 10.6 Å². The maximum absolute atomic E-state index is 13.2. The van der Waals surface area contributed by atoms with Gasteiger partial charge < -0.3 is 5.32 Å². The number of rotatable bonds is 1. The highest BCUT2D eigenvalue weighted by molar-refractivity contribution is 5.84. The summed E-state index contributed by atoms with van der Waals surface area (Å²) in [6, 6.07) is 4.37. The zero-order valence-electron chi connectivity index (χ0n) is 10.3. The molecule has 0 spiro atoms. The fourth-order valence-electron chi connectivity index (χ4n) is 2.00. The van der Waals surface area contributed by atoms with Gasteiger partial charge in [-0.25, -0.2) is 4.39 Å². The first-order valence-corrected chi connectivity index (χ1v) is 5.70. The minimum Gasteiger partial charge on any atom is -0.353 e. The number of piperazine rings is 1. The molecule has 1 heterocycles. The van der Waals surface area contributed by atoms with Crippen LogP contribution in [0.15, 0.2) is 18.2 Å². The Kier molecular flexibility index (Phi) is 2.91. The fourth-order valence-corrected chi connectivity index (χ4v) is 2.00. The molecule has 0 bridgehead atoms. The molecule has 0 saturated carbocycles. The average molecular weight is 236 g/mol. The van der Waals surface area contributed by atoms with Gasteiger partial charge in [-0.15, -0.1) is 0 Å². The van der Waals surface area contributed by atoms with Gasteiger partial charge in [-0.1, -0.05) is 12.1 Å². The molecule has 1 amide bonds. The molecule has 4 heteroatoms. The van der Waals surface area contributed by atoms with E-state index in [9.17, 15) is 9.18 Å². The standard InChI is InChI=1S/C13H17FN2O/c1-8-6-9(4-5-10(8)14)11-12(17)15-7-13(2,3)16-11/h4-6,11,16H,7H2,1-3H3,(H,15,17). The number of nitrogens with one attached hydrogen (secondary N) is 2. The lowest BCUT2D eigenvalue weighted by molar-refractivity contribution is -0.126. The molecule has 0 aliphatic carbocycles. The summed E-state index contributed by atoms with van der Waals surface area (Å²) in [4.78, 5) is 11.8. The van der Waals surface area contributed by atoms with E-state index < -0.39 is 6.04 Å². The van der Waals surface area contributed by atoms with E-state index in [1.165, 1.54) is 6.07 Å². The number of benzene rings is 1. The molecule has 1 saturated heterocycles. The zero-order valence-corrected chi connectivity index (χ0v) is 10.3. The molecule has 92 valence electrons. The van der Waals surface area contributed by atoms with Gasteiger partial charge in [0.25, 0.3) is 0 Å². The van der Waals surface area contributed by atoms with E-state index in [1.54, 1.807) is 19.1 Å². The highest BCUT2D eigenvalue weighted by atomic mass is 19.1. The fraction of sp³-hybridized carbons (Fsp3) is 0.462. The summed E-state index contributed by atoms with van der Waals surface area (Å²) in [7, 11) is 0. The van der Waals surface area contributed by atoms with Crippen molar-refractivity contribution >= 4 is 5.91 Å². The minimum atomic E-state index is -0.405. The lowest BCUT2D eigenvalue weighted by Crippen LogP contribution is -2.59. The van der Waals surface area contributed by atoms with Crippen molar-refractivity contribution in [2.24, 2.45) is 0 Å². The number of amides is 1. The second-order valence-corrected chi connectivity index (χ2v) is 5.19. The van der Waals surface area contributed by atoms with Crippen LogP contribution in [0.1, 0.15) is 31.0 Å². The molecule has 3 nitrogen and oxygen atoms in total. The molecule has 1 aliphatic rings. The average Bonchev–Trinajstić information content (AvgIpc) is 2.26. The Morgan fingerprint density at radius 1 is 1.41 bits per heavy atom. The third-order valence-electron chi connectivity index (χ3n) is 3.02. The van der Waals surface area contributed by atoms with Crippen LogP contribution >= 0.6 is 0 Å². The smallest absolute Gasteiger partial charge is 0.241 e. The first-order chi connectivity index (χ1) is 7.89. The lowest BCUT2D eigenvalue weighted by atomic mass is 9.95. The van der Waals surface area contributed by atoms with Crippen LogP contribution in [0.5, 0.6) is 0 Å². The third-order valence-corrected chi connectivity index (χ3v) is 3.02. The Hall–Kier alpha value is -1.42. The van der Waals surface area contributed by atoms with E-state index in [4.69, 9.17) is 0 Å². The van der Waals surface area contributed by atoms with Gasteiger partial charge in [-0.2, -0.15) is 0 Å². The molecule has 1 aromatic carbocycles. The molecule has 2 rings (SSSR count). The van der Waals surface area contributed by atoms with Crippen LogP contribution in [-0.2, 0) is 4.79 Å². The Labute approximate surface area is 100 Å². The van der Waals surface area contributed by atoms with Crippen LogP contribution in [0, 0.1) is 12.7 Å². The Morgan fingerprint density at radius 3 is 2.76 bits per heavy atom. The quantitative estimate of drug-likeness (QED) is 0.779. The third kappa shape index (κ3) is 2.47. The van der Waals surface area contributed by atoms with Gasteiger partial charge in [-0.05, 0) is 38.0 Å². The van der Waals surface area contributed by atoms with Crippen molar-refractivity contribution < 1.29 is 9.18 Å². The largest absolute Gasteiger partial charge is 0.353 e. The number of carbonyl (C=O) groups is 1. The van der Waals surface area contributed by atoms with Gasteiger partial charge >= 0.3 is 0 Å². The summed E-state index contributed by atoms with van der Waals surface area (Å²) in [6.45, 7) is 6.35. The van der Waals surface area contributed by atoms with Crippen LogP contribution in [-0.4, -0.2) is 18.0 Å². The minimum absolute atomic E-state index is 0.0599. The Morgan fingerprint density at radius 2 is 2.12 bits per heavy atom. The molecule has 1 unspecified atom stereocenters. The van der Waals surface area contributed by atoms with Gasteiger partial charge in [0.1, 0.15) is 11.9 Å². The molecule has 0 radical (unpaired) electrons. The molecular formula is C13H17FN2O. The number of halogens is 1. The molecule has 1 aromatic rings. The van der Waals surface area contributed by atoms with Crippen LogP contribution < -0.4 is 10.6 Å². The van der Waals surface area contributed by atoms with Crippen LogP contribution in [0.4, 0.5) is 4.39 Å². The van der Waals surface area contributed by atoms with Crippen molar-refractivity contribution in [2.75, 3.05) is 6.54 Å². The predicted octanol–water partition coefficient (Wildman–Crippen LogP) is 1.67. The highest BCUT2D eigenvalue weighted by Gasteiger charge is 2.33. The maximum atomic E-state index is 13.2. The van der Waals surface area contributed by atoms with Crippen LogP contribution in [0.2, 0.25) is 0 Å². The summed E-state index contributed by atoms with van der Waals surface area (Å²) in [5.74, 6) is -0.306. The molecule has 0 aromatic heterocycles. The van der Waals surface area contributed by atoms with E-state index in [1.807, 2.05) is 13.8 Å². The van der Waals surface area contributed by atoms with Crippen molar-refractivity contribution in [3.63, 3.8) is 0 Å². The van der Waals surface area contributed by atoms with Crippen molar-refractivity contribution in [3.05, 3.63) is 35.1 Å². The number of carbonyl (C=O) groups excluding carboxylic acids is 1. The number of hydrogen-bond acceptors (Lipinski definition) is 2. The van der Waals surface area contributed by atoms with Gasteiger partial charge in [0.15, 0.2) is 0 Å². The summed E-state index contributed by atoms with van der Waals surface area (Å²) in [5.41, 5.74) is 1.20. The van der Waals surface area contributed by atoms with Crippen LogP contribution in [0.25, 0.3) is 0 Å². The summed E-state index contributed by atoms with van der Waals surface area (Å²) < 4.78 is 13.2. The molecular weight excluding hydrogens is 219 g/mol. The van der Waals surface area contributed by atoms with Gasteiger partial charge in [0, 0.05) is 12.1 Å². The summed E-state index contributed by atoms with van der Waals surface area (Å²) in [6.07, 6.45) is 0. The summed E-state index contributed by atoms with van der Waals surface area (Å²) in [5, 5.41) is 6.13. The van der Waals surface area contributed by atoms with E-state index >= 15 is 0 Å². The first kappa shape index (κ1) is 12.0. The van der Waals surface area contributed by atoms with E-state index in [0.717, 1.165) is 5.56 Å². The second-order valence-electron chi connectivity index (χ2n) is 5.19. The van der Waals surface area contributed by atoms with E-state index in [2.05, 4.69) is 10.6 Å². The monoisotopic (exact) mass is 236 g/mol. The molecule has 1 atom stereocenters. The van der Waals surface area contributed by atoms with E-state index in [0.29, 0.717) is 12.1 Å². The van der Waals surface area contributed by atoms with Crippen molar-refractivity contribution in [2.45, 2.75) is 32.4 Å². The van der Waals surface area contributed by atoms with Gasteiger partial charge in [-0.3, -0.25) is 10.1 Å². The first-order valence-electron chi connectivity index (χ1n) is 5.70. The second kappa shape index (κ2) is 4.11. The SMILES string of the molecule is Cc1cc(C2NC(C)(C)CNC2=O)ccc1F. The van der Waals surface area contributed by atoms with Crippen molar-refractivity contribution in [1.29, 1.82) is 0 Å². The highest BCUT2D eigenvalue weighted by Crippen LogP contribution is 2.22. The predicted molar refractivity (Wildman–Crippen MR) is 64.1 cm³/mol. The van der Waals surface area contributed by atoms with Gasteiger partial charge in [0.2, 0.25) is 5.91 Å². The van der Waals surface area contributed by atoms with Gasteiger partial charge in [0.05, 0.1) is 0 Å². The molecule has 1 aliphatic heterocycles. The topological polar surface area (TPSA) is 41.1 Å². The lowest BCUT2D eigenvalue weighted by Gasteiger charge is -2.37. The molecule has 1 fully saturated rings. The normalized spacial score (nSPS) is 23.3.